The van der Waals surface area contributed by atoms with Crippen molar-refractivity contribution in [2.24, 2.45) is 0 Å². The SMILES string of the molecule is CCCSc1ncccc1C(=O)N[C@@H](C)[C@H](O)c1ccccc1. The predicted octanol–water partition coefficient (Wildman–Crippen LogP) is 3.44. The van der Waals surface area contributed by atoms with E-state index in [4.69, 9.17) is 0 Å². The second kappa shape index (κ2) is 8.70. The molecule has 1 aromatic carbocycles. The Morgan fingerprint density at radius 2 is 2.00 bits per heavy atom. The van der Waals surface area contributed by atoms with E-state index in [0.717, 1.165) is 22.8 Å². The van der Waals surface area contributed by atoms with Gasteiger partial charge in [0.05, 0.1) is 17.7 Å². The average Bonchev–Trinajstić information content (AvgIpc) is 2.60. The number of aromatic nitrogens is 1. The highest BCUT2D eigenvalue weighted by Gasteiger charge is 2.20. The summed E-state index contributed by atoms with van der Waals surface area (Å²) >= 11 is 1.57. The molecule has 2 N–H and O–H groups in total. The first-order chi connectivity index (χ1) is 11.1. The van der Waals surface area contributed by atoms with E-state index in [9.17, 15) is 9.90 Å². The topological polar surface area (TPSA) is 62.2 Å². The number of rotatable bonds is 7. The van der Waals surface area contributed by atoms with Gasteiger partial charge >= 0.3 is 0 Å². The number of carbonyl (C=O) groups is 1. The zero-order valence-electron chi connectivity index (χ0n) is 13.4. The van der Waals surface area contributed by atoms with Crippen LogP contribution in [0.15, 0.2) is 53.7 Å². The number of aliphatic hydroxyl groups excluding tert-OH is 1. The van der Waals surface area contributed by atoms with Crippen LogP contribution >= 0.6 is 11.8 Å². The lowest BCUT2D eigenvalue weighted by Crippen LogP contribution is -2.37. The summed E-state index contributed by atoms with van der Waals surface area (Å²) in [5, 5.41) is 14.0. The molecule has 1 heterocycles. The van der Waals surface area contributed by atoms with E-state index >= 15 is 0 Å². The molecule has 0 fully saturated rings. The minimum absolute atomic E-state index is 0.209. The van der Waals surface area contributed by atoms with E-state index in [1.165, 1.54) is 0 Å². The van der Waals surface area contributed by atoms with E-state index in [0.29, 0.717) is 5.56 Å². The lowest BCUT2D eigenvalue weighted by Gasteiger charge is -2.21. The Balaban J connectivity index is 2.07. The van der Waals surface area contributed by atoms with Crippen LogP contribution in [0.4, 0.5) is 0 Å². The molecule has 23 heavy (non-hydrogen) atoms. The number of benzene rings is 1. The molecule has 2 rings (SSSR count). The Morgan fingerprint density at radius 1 is 1.26 bits per heavy atom. The predicted molar refractivity (Wildman–Crippen MR) is 93.6 cm³/mol. The molecule has 0 saturated heterocycles. The van der Waals surface area contributed by atoms with Gasteiger partial charge in [0.25, 0.3) is 5.91 Å². The normalized spacial score (nSPS) is 13.3. The van der Waals surface area contributed by atoms with E-state index < -0.39 is 12.1 Å². The van der Waals surface area contributed by atoms with Crippen LogP contribution in [0.25, 0.3) is 0 Å². The van der Waals surface area contributed by atoms with Gasteiger partial charge in [-0.15, -0.1) is 11.8 Å². The zero-order chi connectivity index (χ0) is 16.7. The maximum absolute atomic E-state index is 12.5. The van der Waals surface area contributed by atoms with E-state index in [-0.39, 0.29) is 5.91 Å². The standard InChI is InChI=1S/C18H22N2O2S/c1-3-12-23-18-15(10-7-11-19-18)17(22)20-13(2)16(21)14-8-5-4-6-9-14/h4-11,13,16,21H,3,12H2,1-2H3,(H,20,22)/t13-,16-/m0/s1. The first-order valence-electron chi connectivity index (χ1n) is 7.75. The van der Waals surface area contributed by atoms with Crippen LogP contribution in [0.5, 0.6) is 0 Å². The summed E-state index contributed by atoms with van der Waals surface area (Å²) < 4.78 is 0. The fourth-order valence-corrected chi connectivity index (χ4v) is 3.03. The van der Waals surface area contributed by atoms with Crippen molar-refractivity contribution in [2.45, 2.75) is 37.4 Å². The number of hydrogen-bond acceptors (Lipinski definition) is 4. The van der Waals surface area contributed by atoms with Crippen molar-refractivity contribution < 1.29 is 9.90 Å². The average molecular weight is 330 g/mol. The molecule has 0 unspecified atom stereocenters. The summed E-state index contributed by atoms with van der Waals surface area (Å²) in [6.45, 7) is 3.89. The van der Waals surface area contributed by atoms with Crippen molar-refractivity contribution in [1.29, 1.82) is 0 Å². The molecule has 0 radical (unpaired) electrons. The molecule has 1 amide bonds. The van der Waals surface area contributed by atoms with E-state index in [1.54, 1.807) is 37.0 Å². The molecule has 0 aliphatic rings. The largest absolute Gasteiger partial charge is 0.386 e. The minimum atomic E-state index is -0.747. The van der Waals surface area contributed by atoms with Gasteiger partial charge in [-0.25, -0.2) is 4.98 Å². The number of pyridine rings is 1. The fraction of sp³-hybridized carbons (Fsp3) is 0.333. The molecule has 0 bridgehead atoms. The summed E-state index contributed by atoms with van der Waals surface area (Å²) in [4.78, 5) is 16.8. The second-order valence-corrected chi connectivity index (χ2v) is 6.41. The van der Waals surface area contributed by atoms with Crippen LogP contribution < -0.4 is 5.32 Å². The van der Waals surface area contributed by atoms with Gasteiger partial charge in [-0.1, -0.05) is 37.3 Å². The number of thioether (sulfide) groups is 1. The van der Waals surface area contributed by atoms with Crippen LogP contribution in [0.3, 0.4) is 0 Å². The Kier molecular flexibility index (Phi) is 6.62. The van der Waals surface area contributed by atoms with Crippen molar-refractivity contribution in [2.75, 3.05) is 5.75 Å². The molecular formula is C18H22N2O2S. The lowest BCUT2D eigenvalue weighted by atomic mass is 10.0. The highest BCUT2D eigenvalue weighted by Crippen LogP contribution is 2.22. The zero-order valence-corrected chi connectivity index (χ0v) is 14.2. The number of nitrogens with zero attached hydrogens (tertiary/aromatic N) is 1. The van der Waals surface area contributed by atoms with Crippen molar-refractivity contribution in [3.05, 3.63) is 59.8 Å². The lowest BCUT2D eigenvalue weighted by molar-refractivity contribution is 0.0848. The Hall–Kier alpha value is -1.85. The quantitative estimate of drug-likeness (QED) is 0.764. The third-order valence-corrected chi connectivity index (χ3v) is 4.64. The molecule has 0 aliphatic carbocycles. The van der Waals surface area contributed by atoms with Crippen LogP contribution in [0, 0.1) is 0 Å². The first-order valence-corrected chi connectivity index (χ1v) is 8.73. The van der Waals surface area contributed by atoms with E-state index in [2.05, 4.69) is 17.2 Å². The van der Waals surface area contributed by atoms with Crippen molar-refractivity contribution in [3.8, 4) is 0 Å². The number of nitrogens with one attached hydrogen (secondary N) is 1. The molecule has 0 spiro atoms. The summed E-state index contributed by atoms with van der Waals surface area (Å²) in [5.74, 6) is 0.707. The summed E-state index contributed by atoms with van der Waals surface area (Å²) in [7, 11) is 0. The van der Waals surface area contributed by atoms with Crippen molar-refractivity contribution in [1.82, 2.24) is 10.3 Å². The highest BCUT2D eigenvalue weighted by atomic mass is 32.2. The van der Waals surface area contributed by atoms with Crippen LogP contribution in [0.1, 0.15) is 42.3 Å². The monoisotopic (exact) mass is 330 g/mol. The van der Waals surface area contributed by atoms with Gasteiger partial charge in [-0.2, -0.15) is 0 Å². The molecule has 122 valence electrons. The molecule has 0 aliphatic heterocycles. The van der Waals surface area contributed by atoms with Gasteiger partial charge in [0.15, 0.2) is 0 Å². The van der Waals surface area contributed by atoms with Crippen LogP contribution in [-0.2, 0) is 0 Å². The summed E-state index contributed by atoms with van der Waals surface area (Å²) in [5.41, 5.74) is 1.34. The third-order valence-electron chi connectivity index (χ3n) is 3.43. The van der Waals surface area contributed by atoms with E-state index in [1.807, 2.05) is 30.3 Å². The number of aliphatic hydroxyl groups is 1. The Labute approximate surface area is 141 Å². The Morgan fingerprint density at radius 3 is 2.70 bits per heavy atom. The highest BCUT2D eigenvalue weighted by molar-refractivity contribution is 7.99. The summed E-state index contributed by atoms with van der Waals surface area (Å²) in [6.07, 6.45) is 1.96. The van der Waals surface area contributed by atoms with Crippen LogP contribution in [-0.4, -0.2) is 27.8 Å². The molecule has 0 saturated carbocycles. The Bertz CT molecular complexity index is 634. The van der Waals surface area contributed by atoms with Crippen molar-refractivity contribution >= 4 is 17.7 Å². The van der Waals surface area contributed by atoms with Gasteiger partial charge in [-0.3, -0.25) is 4.79 Å². The molecular weight excluding hydrogens is 308 g/mol. The molecule has 2 aromatic rings. The minimum Gasteiger partial charge on any atom is -0.386 e. The maximum atomic E-state index is 12.5. The molecule has 2 atom stereocenters. The van der Waals surface area contributed by atoms with Crippen molar-refractivity contribution in [3.63, 3.8) is 0 Å². The van der Waals surface area contributed by atoms with Gasteiger partial charge in [0, 0.05) is 6.20 Å². The maximum Gasteiger partial charge on any atom is 0.254 e. The number of amides is 1. The van der Waals surface area contributed by atoms with Gasteiger partial charge in [0.1, 0.15) is 5.03 Å². The summed E-state index contributed by atoms with van der Waals surface area (Å²) in [6, 6.07) is 12.5. The third kappa shape index (κ3) is 4.81. The smallest absolute Gasteiger partial charge is 0.254 e. The molecule has 5 heteroatoms. The fourth-order valence-electron chi connectivity index (χ4n) is 2.18. The van der Waals surface area contributed by atoms with Gasteiger partial charge in [0.2, 0.25) is 0 Å². The molecule has 1 aromatic heterocycles. The van der Waals surface area contributed by atoms with Crippen LogP contribution in [0.2, 0.25) is 0 Å². The number of carbonyl (C=O) groups excluding carboxylic acids is 1. The number of hydrogen-bond donors (Lipinski definition) is 2. The molecule has 4 nitrogen and oxygen atoms in total. The van der Waals surface area contributed by atoms with Gasteiger partial charge in [-0.05, 0) is 36.8 Å². The first kappa shape index (κ1) is 17.5. The second-order valence-electron chi connectivity index (χ2n) is 5.32. The van der Waals surface area contributed by atoms with Gasteiger partial charge < -0.3 is 10.4 Å².